The molecule has 2 unspecified atom stereocenters. The van der Waals surface area contributed by atoms with E-state index in [9.17, 15) is 4.79 Å². The van der Waals surface area contributed by atoms with Crippen molar-refractivity contribution in [3.8, 4) is 5.69 Å². The first-order chi connectivity index (χ1) is 17.1. The third-order valence-corrected chi connectivity index (χ3v) is 6.66. The second kappa shape index (κ2) is 10.1. The monoisotopic (exact) mass is 481 g/mol. The van der Waals surface area contributed by atoms with Crippen molar-refractivity contribution >= 4 is 28.9 Å². The first kappa shape index (κ1) is 22.8. The number of hydrogen-bond donors (Lipinski definition) is 2. The molecule has 4 aromatic rings. The fourth-order valence-corrected chi connectivity index (χ4v) is 4.84. The molecule has 0 bridgehead atoms. The van der Waals surface area contributed by atoms with Crippen LogP contribution in [0.4, 0.5) is 5.69 Å². The van der Waals surface area contributed by atoms with Gasteiger partial charge < -0.3 is 20.1 Å². The molecule has 2 aromatic carbocycles. The lowest BCUT2D eigenvalue weighted by atomic mass is 9.99. The molecule has 2 aromatic heterocycles. The molecule has 176 valence electrons. The Morgan fingerprint density at radius 2 is 1.80 bits per heavy atom. The second-order valence-electron chi connectivity index (χ2n) is 8.62. The van der Waals surface area contributed by atoms with Gasteiger partial charge in [0.1, 0.15) is 0 Å². The molecule has 1 saturated heterocycles. The molecule has 7 heteroatoms. The first-order valence-corrected chi connectivity index (χ1v) is 12.1. The van der Waals surface area contributed by atoms with Gasteiger partial charge in [-0.05, 0) is 66.7 Å². The van der Waals surface area contributed by atoms with Gasteiger partial charge in [-0.1, -0.05) is 42.5 Å². The number of aromatic nitrogens is 2. The molecule has 6 nitrogen and oxygen atoms in total. The number of aryl methyl sites for hydroxylation is 1. The molecule has 35 heavy (non-hydrogen) atoms. The zero-order valence-electron chi connectivity index (χ0n) is 19.5. The highest BCUT2D eigenvalue weighted by molar-refractivity contribution is 7.80. The van der Waals surface area contributed by atoms with Crippen LogP contribution in [0.2, 0.25) is 0 Å². The first-order valence-electron chi connectivity index (χ1n) is 11.7. The molecular weight excluding hydrogens is 454 g/mol. The topological polar surface area (TPSA) is 62.2 Å². The summed E-state index contributed by atoms with van der Waals surface area (Å²) in [4.78, 5) is 19.5. The SMILES string of the molecule is Cc1ccccc1NC(=O)CCN1C(=S)NC(c2ccccn2)C1c1ccn(-c2ccccc2)c1. The number of nitrogens with zero attached hydrogens (tertiary/aromatic N) is 3. The molecule has 5 rings (SSSR count). The smallest absolute Gasteiger partial charge is 0.226 e. The summed E-state index contributed by atoms with van der Waals surface area (Å²) in [5.74, 6) is -0.0380. The molecule has 0 saturated carbocycles. The molecule has 0 spiro atoms. The van der Waals surface area contributed by atoms with E-state index in [0.717, 1.165) is 28.2 Å². The van der Waals surface area contributed by atoms with Gasteiger partial charge in [0.25, 0.3) is 0 Å². The fourth-order valence-electron chi connectivity index (χ4n) is 4.51. The van der Waals surface area contributed by atoms with E-state index in [1.54, 1.807) is 6.20 Å². The number of nitrogens with one attached hydrogen (secondary N) is 2. The van der Waals surface area contributed by atoms with Crippen LogP contribution >= 0.6 is 12.2 Å². The molecule has 1 amide bonds. The Labute approximate surface area is 210 Å². The van der Waals surface area contributed by atoms with Crippen molar-refractivity contribution in [3.63, 3.8) is 0 Å². The minimum atomic E-state index is -0.116. The molecule has 2 N–H and O–H groups in total. The van der Waals surface area contributed by atoms with E-state index in [1.807, 2.05) is 67.6 Å². The lowest BCUT2D eigenvalue weighted by Crippen LogP contribution is -2.32. The van der Waals surface area contributed by atoms with Gasteiger partial charge in [-0.2, -0.15) is 0 Å². The minimum absolute atomic E-state index is 0.0380. The van der Waals surface area contributed by atoms with E-state index in [1.165, 1.54) is 0 Å². The lowest BCUT2D eigenvalue weighted by Gasteiger charge is -2.27. The van der Waals surface area contributed by atoms with Crippen molar-refractivity contribution in [2.75, 3.05) is 11.9 Å². The summed E-state index contributed by atoms with van der Waals surface area (Å²) in [5.41, 5.74) is 4.98. The predicted octanol–water partition coefficient (Wildman–Crippen LogP) is 5.18. The Morgan fingerprint density at radius 1 is 1.03 bits per heavy atom. The Kier molecular flexibility index (Phi) is 6.59. The minimum Gasteiger partial charge on any atom is -0.352 e. The van der Waals surface area contributed by atoms with Gasteiger partial charge in [0.2, 0.25) is 5.91 Å². The average molecular weight is 482 g/mol. The van der Waals surface area contributed by atoms with E-state index in [2.05, 4.69) is 55.7 Å². The maximum absolute atomic E-state index is 12.8. The summed E-state index contributed by atoms with van der Waals surface area (Å²) in [5, 5.41) is 7.11. The molecule has 1 aliphatic rings. The van der Waals surface area contributed by atoms with E-state index in [-0.39, 0.29) is 18.0 Å². The van der Waals surface area contributed by atoms with Crippen LogP contribution in [0.25, 0.3) is 5.69 Å². The number of pyridine rings is 1. The number of carbonyl (C=O) groups excluding carboxylic acids is 1. The van der Waals surface area contributed by atoms with E-state index in [0.29, 0.717) is 18.1 Å². The number of benzene rings is 2. The van der Waals surface area contributed by atoms with Gasteiger partial charge in [-0.25, -0.2) is 0 Å². The van der Waals surface area contributed by atoms with Gasteiger partial charge >= 0.3 is 0 Å². The zero-order valence-corrected chi connectivity index (χ0v) is 20.3. The highest BCUT2D eigenvalue weighted by atomic mass is 32.1. The molecular formula is C28H27N5OS. The maximum atomic E-state index is 12.8. The third-order valence-electron chi connectivity index (χ3n) is 6.31. The summed E-state index contributed by atoms with van der Waals surface area (Å²) in [6.07, 6.45) is 6.31. The highest BCUT2D eigenvalue weighted by Crippen LogP contribution is 2.39. The number of rotatable bonds is 7. The molecule has 1 aliphatic heterocycles. The third kappa shape index (κ3) is 4.95. The number of para-hydroxylation sites is 2. The fraction of sp³-hybridized carbons (Fsp3) is 0.179. The van der Waals surface area contributed by atoms with Crippen LogP contribution < -0.4 is 10.6 Å². The second-order valence-corrected chi connectivity index (χ2v) is 9.01. The molecule has 0 radical (unpaired) electrons. The van der Waals surface area contributed by atoms with Crippen LogP contribution in [0.1, 0.15) is 35.3 Å². The summed E-state index contributed by atoms with van der Waals surface area (Å²) in [7, 11) is 0. The molecule has 1 fully saturated rings. The predicted molar refractivity (Wildman–Crippen MR) is 142 cm³/mol. The normalized spacial score (nSPS) is 17.3. The van der Waals surface area contributed by atoms with Crippen LogP contribution in [0.3, 0.4) is 0 Å². The molecule has 0 aliphatic carbocycles. The Hall–Kier alpha value is -3.97. The Morgan fingerprint density at radius 3 is 2.57 bits per heavy atom. The van der Waals surface area contributed by atoms with E-state index >= 15 is 0 Å². The summed E-state index contributed by atoms with van der Waals surface area (Å²) in [6, 6.07) is 25.8. The molecule has 2 atom stereocenters. The van der Waals surface area contributed by atoms with E-state index in [4.69, 9.17) is 12.2 Å². The van der Waals surface area contributed by atoms with Crippen molar-refractivity contribution in [2.24, 2.45) is 0 Å². The summed E-state index contributed by atoms with van der Waals surface area (Å²) >= 11 is 5.75. The van der Waals surface area contributed by atoms with Crippen molar-refractivity contribution in [2.45, 2.75) is 25.4 Å². The quantitative estimate of drug-likeness (QED) is 0.356. The van der Waals surface area contributed by atoms with Crippen LogP contribution in [-0.4, -0.2) is 32.0 Å². The van der Waals surface area contributed by atoms with Gasteiger partial charge in [-0.3, -0.25) is 9.78 Å². The summed E-state index contributed by atoms with van der Waals surface area (Å²) in [6.45, 7) is 2.48. The van der Waals surface area contributed by atoms with Gasteiger partial charge in [-0.15, -0.1) is 0 Å². The number of amides is 1. The Balaban J connectivity index is 1.39. The van der Waals surface area contributed by atoms with Crippen molar-refractivity contribution in [1.82, 2.24) is 19.8 Å². The van der Waals surface area contributed by atoms with Gasteiger partial charge in [0, 0.05) is 42.9 Å². The van der Waals surface area contributed by atoms with Crippen LogP contribution in [0, 0.1) is 6.92 Å². The standard InChI is InChI=1S/C28H27N5OS/c1-20-9-5-6-12-23(20)30-25(34)15-18-33-27(26(31-28(33)35)24-13-7-8-16-29-24)21-14-17-32(19-21)22-10-3-2-4-11-22/h2-14,16-17,19,26-27H,15,18H2,1H3,(H,30,34)(H,31,35). The molecule has 3 heterocycles. The van der Waals surface area contributed by atoms with Crippen LogP contribution in [-0.2, 0) is 4.79 Å². The Bertz CT molecular complexity index is 1320. The van der Waals surface area contributed by atoms with Crippen molar-refractivity contribution in [1.29, 1.82) is 0 Å². The largest absolute Gasteiger partial charge is 0.352 e. The number of hydrogen-bond acceptors (Lipinski definition) is 3. The van der Waals surface area contributed by atoms with Crippen molar-refractivity contribution < 1.29 is 4.79 Å². The zero-order chi connectivity index (χ0) is 24.2. The van der Waals surface area contributed by atoms with Gasteiger partial charge in [0.15, 0.2) is 5.11 Å². The number of thiocarbonyl (C=S) groups is 1. The van der Waals surface area contributed by atoms with Crippen LogP contribution in [0.5, 0.6) is 0 Å². The van der Waals surface area contributed by atoms with E-state index < -0.39 is 0 Å². The maximum Gasteiger partial charge on any atom is 0.226 e. The lowest BCUT2D eigenvalue weighted by molar-refractivity contribution is -0.116. The van der Waals surface area contributed by atoms with Gasteiger partial charge in [0.05, 0.1) is 17.8 Å². The number of anilines is 1. The summed E-state index contributed by atoms with van der Waals surface area (Å²) < 4.78 is 2.11. The average Bonchev–Trinajstić information content (AvgIpc) is 3.50. The highest BCUT2D eigenvalue weighted by Gasteiger charge is 2.40. The number of carbonyl (C=O) groups is 1. The van der Waals surface area contributed by atoms with Crippen molar-refractivity contribution in [3.05, 3.63) is 114 Å². The van der Waals surface area contributed by atoms with Crippen LogP contribution in [0.15, 0.2) is 97.5 Å².